The Balaban J connectivity index is 1.70. The maximum atomic E-state index is 14.3. The number of nitrogens with zero attached hydrogens (tertiary/aromatic N) is 4. The highest BCUT2D eigenvalue weighted by Gasteiger charge is 2.22. The first-order valence-corrected chi connectivity index (χ1v) is 8.34. The zero-order valence-electron chi connectivity index (χ0n) is 13.1. The normalized spacial score (nSPS) is 17.6. The summed E-state index contributed by atoms with van der Waals surface area (Å²) in [5.41, 5.74) is 0.880. The predicted molar refractivity (Wildman–Crippen MR) is 92.2 cm³/mol. The fraction of sp³-hybridized carbons (Fsp3) is 0.235. The quantitative estimate of drug-likeness (QED) is 0.736. The molecule has 6 nitrogen and oxygen atoms in total. The van der Waals surface area contributed by atoms with Crippen LogP contribution in [0.5, 0.6) is 0 Å². The summed E-state index contributed by atoms with van der Waals surface area (Å²) in [6, 6.07) is 6.63. The highest BCUT2D eigenvalue weighted by Crippen LogP contribution is 2.18. The van der Waals surface area contributed by atoms with Crippen LogP contribution >= 0.6 is 15.9 Å². The van der Waals surface area contributed by atoms with E-state index in [4.69, 9.17) is 10.00 Å². The van der Waals surface area contributed by atoms with Gasteiger partial charge in [-0.15, -0.1) is 0 Å². The van der Waals surface area contributed by atoms with Gasteiger partial charge in [0.2, 0.25) is 5.91 Å². The van der Waals surface area contributed by atoms with Crippen LogP contribution in [0.4, 0.5) is 4.39 Å². The van der Waals surface area contributed by atoms with Gasteiger partial charge < -0.3 is 9.64 Å². The van der Waals surface area contributed by atoms with Gasteiger partial charge in [-0.1, -0.05) is 6.07 Å². The lowest BCUT2D eigenvalue weighted by atomic mass is 10.1. The van der Waals surface area contributed by atoms with Crippen LogP contribution in [0.3, 0.4) is 0 Å². The van der Waals surface area contributed by atoms with Crippen molar-refractivity contribution in [3.05, 3.63) is 52.5 Å². The minimum Gasteiger partial charge on any atom is -0.360 e. The number of morpholine rings is 1. The number of rotatable bonds is 3. The second-order valence-electron chi connectivity index (χ2n) is 5.42. The van der Waals surface area contributed by atoms with E-state index >= 15 is 0 Å². The summed E-state index contributed by atoms with van der Waals surface area (Å²) in [6.45, 7) is 1.00. The maximum absolute atomic E-state index is 14.3. The average Bonchev–Trinajstić information content (AvgIpc) is 3.05. The van der Waals surface area contributed by atoms with Crippen LogP contribution in [0.2, 0.25) is 0 Å². The lowest BCUT2D eigenvalue weighted by Gasteiger charge is -2.28. The van der Waals surface area contributed by atoms with Crippen molar-refractivity contribution in [2.75, 3.05) is 19.7 Å². The number of halogens is 2. The van der Waals surface area contributed by atoms with Crippen LogP contribution in [0.15, 0.2) is 41.1 Å². The van der Waals surface area contributed by atoms with E-state index in [-0.39, 0.29) is 12.5 Å². The summed E-state index contributed by atoms with van der Waals surface area (Å²) in [7, 11) is 0. The molecule has 1 saturated heterocycles. The number of amides is 1. The Morgan fingerprint density at radius 1 is 1.52 bits per heavy atom. The van der Waals surface area contributed by atoms with Crippen LogP contribution in [0, 0.1) is 17.1 Å². The Bertz CT molecular complexity index is 859. The molecular weight excluding hydrogens is 391 g/mol. The number of nitriles is 1. The van der Waals surface area contributed by atoms with E-state index in [1.807, 2.05) is 6.07 Å². The molecule has 2 aromatic rings. The first kappa shape index (κ1) is 17.3. The van der Waals surface area contributed by atoms with Gasteiger partial charge in [0.25, 0.3) is 0 Å². The number of aromatic nitrogens is 2. The number of benzene rings is 1. The van der Waals surface area contributed by atoms with Crippen molar-refractivity contribution in [3.8, 4) is 11.8 Å². The first-order valence-electron chi connectivity index (χ1n) is 7.55. The molecular formula is C17H14BrFN4O2. The molecule has 25 heavy (non-hydrogen) atoms. The van der Waals surface area contributed by atoms with Gasteiger partial charge >= 0.3 is 0 Å². The molecule has 0 N–H and O–H groups in total. The van der Waals surface area contributed by atoms with E-state index in [9.17, 15) is 9.18 Å². The van der Waals surface area contributed by atoms with Crippen molar-refractivity contribution >= 4 is 27.9 Å². The number of carbonyl (C=O) groups excluding carboxylic acids is 1. The summed E-state index contributed by atoms with van der Waals surface area (Å²) in [5, 5.41) is 12.9. The Kier molecular flexibility index (Phi) is 5.26. The van der Waals surface area contributed by atoms with E-state index < -0.39 is 11.9 Å². The third-order valence-corrected chi connectivity index (χ3v) is 4.12. The van der Waals surface area contributed by atoms with Crippen molar-refractivity contribution in [1.29, 1.82) is 5.26 Å². The largest absolute Gasteiger partial charge is 0.360 e. The molecule has 1 aromatic heterocycles. The highest BCUT2D eigenvalue weighted by molar-refractivity contribution is 9.10. The molecule has 1 fully saturated rings. The topological polar surface area (TPSA) is 71.2 Å². The minimum absolute atomic E-state index is 0.232. The molecule has 128 valence electrons. The molecule has 1 aromatic carbocycles. The molecule has 0 aliphatic carbocycles. The molecule has 8 heteroatoms. The van der Waals surface area contributed by atoms with Gasteiger partial charge in [-0.2, -0.15) is 10.4 Å². The maximum Gasteiger partial charge on any atom is 0.246 e. The van der Waals surface area contributed by atoms with Crippen LogP contribution in [-0.2, 0) is 9.53 Å². The van der Waals surface area contributed by atoms with Gasteiger partial charge in [-0.05, 0) is 39.7 Å². The second-order valence-corrected chi connectivity index (χ2v) is 6.34. The SMILES string of the molecule is N#CC1CN(C(=O)/C=C/c2ccc(-n3cc(Br)cn3)c(F)c2)CCO1. The average molecular weight is 405 g/mol. The van der Waals surface area contributed by atoms with Crippen LogP contribution in [-0.4, -0.2) is 46.4 Å². The third-order valence-electron chi connectivity index (χ3n) is 3.71. The minimum atomic E-state index is -0.601. The third kappa shape index (κ3) is 4.13. The van der Waals surface area contributed by atoms with Gasteiger partial charge in [-0.25, -0.2) is 9.07 Å². The predicted octanol–water partition coefficient (Wildman–Crippen LogP) is 2.54. The summed E-state index contributed by atoms with van der Waals surface area (Å²) in [4.78, 5) is 13.7. The second kappa shape index (κ2) is 7.59. The van der Waals surface area contributed by atoms with E-state index in [2.05, 4.69) is 21.0 Å². The summed E-state index contributed by atoms with van der Waals surface area (Å²) in [6.07, 6.45) is 5.55. The number of hydrogen-bond donors (Lipinski definition) is 0. The monoisotopic (exact) mass is 404 g/mol. The van der Waals surface area contributed by atoms with Crippen molar-refractivity contribution in [2.24, 2.45) is 0 Å². The fourth-order valence-electron chi connectivity index (χ4n) is 2.45. The van der Waals surface area contributed by atoms with Crippen molar-refractivity contribution in [3.63, 3.8) is 0 Å². The molecule has 1 aliphatic rings. The van der Waals surface area contributed by atoms with Crippen LogP contribution in [0.25, 0.3) is 11.8 Å². The molecule has 1 unspecified atom stereocenters. The molecule has 3 rings (SSSR count). The standard InChI is InChI=1S/C17H14BrFN4O2/c18-13-9-21-23(10-13)16-3-1-12(7-15(16)19)2-4-17(24)22-5-6-25-14(8-20)11-22/h1-4,7,9-10,14H,5-6,11H2/b4-2+. The van der Waals surface area contributed by atoms with E-state index in [1.54, 1.807) is 35.5 Å². The van der Waals surface area contributed by atoms with Gasteiger partial charge in [0.1, 0.15) is 11.5 Å². The van der Waals surface area contributed by atoms with E-state index in [1.165, 1.54) is 16.8 Å². The van der Waals surface area contributed by atoms with Gasteiger partial charge in [0.05, 0.1) is 29.9 Å². The van der Waals surface area contributed by atoms with Crippen molar-refractivity contribution < 1.29 is 13.9 Å². The Labute approximate surface area is 152 Å². The molecule has 0 bridgehead atoms. The van der Waals surface area contributed by atoms with Gasteiger partial charge in [-0.3, -0.25) is 4.79 Å². The zero-order valence-corrected chi connectivity index (χ0v) is 14.7. The van der Waals surface area contributed by atoms with Gasteiger partial charge in [0, 0.05) is 18.8 Å². The molecule has 2 heterocycles. The van der Waals surface area contributed by atoms with E-state index in [0.717, 1.165) is 4.47 Å². The highest BCUT2D eigenvalue weighted by atomic mass is 79.9. The number of carbonyl (C=O) groups is 1. The fourth-order valence-corrected chi connectivity index (χ4v) is 2.73. The molecule has 1 amide bonds. The summed E-state index contributed by atoms with van der Waals surface area (Å²) in [5.74, 6) is -0.676. The number of hydrogen-bond acceptors (Lipinski definition) is 4. The molecule has 1 aliphatic heterocycles. The molecule has 0 saturated carbocycles. The summed E-state index contributed by atoms with van der Waals surface area (Å²) >= 11 is 3.27. The Morgan fingerprint density at radius 3 is 3.04 bits per heavy atom. The Hall–Kier alpha value is -2.50. The summed E-state index contributed by atoms with van der Waals surface area (Å²) < 4.78 is 21.6. The lowest BCUT2D eigenvalue weighted by molar-refractivity contribution is -0.131. The molecule has 0 radical (unpaired) electrons. The van der Waals surface area contributed by atoms with Crippen LogP contribution in [0.1, 0.15) is 5.56 Å². The lowest BCUT2D eigenvalue weighted by Crippen LogP contribution is -2.44. The smallest absolute Gasteiger partial charge is 0.246 e. The van der Waals surface area contributed by atoms with Crippen LogP contribution < -0.4 is 0 Å². The molecule has 1 atom stereocenters. The van der Waals surface area contributed by atoms with E-state index in [0.29, 0.717) is 24.4 Å². The first-order chi connectivity index (χ1) is 12.1. The molecule has 0 spiro atoms. The zero-order chi connectivity index (χ0) is 17.8. The number of ether oxygens (including phenoxy) is 1. The Morgan fingerprint density at radius 2 is 2.36 bits per heavy atom. The van der Waals surface area contributed by atoms with Crippen molar-refractivity contribution in [1.82, 2.24) is 14.7 Å². The van der Waals surface area contributed by atoms with Crippen molar-refractivity contribution in [2.45, 2.75) is 6.10 Å². The van der Waals surface area contributed by atoms with Gasteiger partial charge in [0.15, 0.2) is 6.10 Å².